The van der Waals surface area contributed by atoms with E-state index in [1.807, 2.05) is 43.3 Å². The zero-order valence-electron chi connectivity index (χ0n) is 12.2. The molecule has 118 valence electrons. The number of rotatable bonds is 4. The van der Waals surface area contributed by atoms with E-state index < -0.39 is 0 Å². The second-order valence-electron chi connectivity index (χ2n) is 4.90. The van der Waals surface area contributed by atoms with E-state index >= 15 is 0 Å². The molecule has 1 aliphatic rings. The molecular weight excluding hydrogens is 396 g/mol. The van der Waals surface area contributed by atoms with Gasteiger partial charge >= 0.3 is 0 Å². The molecule has 4 nitrogen and oxygen atoms in total. The first kappa shape index (κ1) is 16.3. The minimum absolute atomic E-state index is 0.114. The van der Waals surface area contributed by atoms with Crippen molar-refractivity contribution in [1.82, 2.24) is 4.90 Å². The van der Waals surface area contributed by atoms with Crippen LogP contribution in [0.3, 0.4) is 0 Å². The van der Waals surface area contributed by atoms with Crippen molar-refractivity contribution in [2.24, 2.45) is 0 Å². The van der Waals surface area contributed by atoms with E-state index in [-0.39, 0.29) is 5.91 Å². The van der Waals surface area contributed by atoms with E-state index in [0.717, 1.165) is 15.9 Å². The van der Waals surface area contributed by atoms with Crippen molar-refractivity contribution in [3.05, 3.63) is 57.3 Å². The molecule has 0 unspecified atom stereocenters. The normalized spacial score (nSPS) is 16.4. The largest absolute Gasteiger partial charge is 0.462 e. The summed E-state index contributed by atoms with van der Waals surface area (Å²) in [6.07, 6.45) is 1.73. The lowest BCUT2D eigenvalue weighted by molar-refractivity contribution is -0.121. The molecule has 1 aromatic carbocycles. The molecule has 0 saturated carbocycles. The smallest absolute Gasteiger partial charge is 0.267 e. The molecule has 1 aliphatic heterocycles. The van der Waals surface area contributed by atoms with Crippen molar-refractivity contribution >= 4 is 61.9 Å². The van der Waals surface area contributed by atoms with Crippen LogP contribution in [0.5, 0.6) is 0 Å². The van der Waals surface area contributed by atoms with Crippen LogP contribution in [0.2, 0.25) is 0 Å². The number of benzene rings is 1. The lowest BCUT2D eigenvalue weighted by Gasteiger charge is -2.16. The number of halogens is 1. The van der Waals surface area contributed by atoms with E-state index in [9.17, 15) is 4.79 Å². The third-order valence-corrected chi connectivity index (χ3v) is 5.05. The molecule has 2 heterocycles. The van der Waals surface area contributed by atoms with Crippen molar-refractivity contribution in [1.29, 1.82) is 0 Å². The molecule has 0 bridgehead atoms. The highest BCUT2D eigenvalue weighted by Crippen LogP contribution is 2.32. The minimum Gasteiger partial charge on any atom is -0.462 e. The van der Waals surface area contributed by atoms with E-state index in [0.29, 0.717) is 21.7 Å². The van der Waals surface area contributed by atoms with Crippen LogP contribution >= 0.6 is 39.9 Å². The van der Waals surface area contributed by atoms with Crippen LogP contribution in [0.25, 0.3) is 6.08 Å². The zero-order chi connectivity index (χ0) is 16.4. The number of amides is 1. The van der Waals surface area contributed by atoms with Gasteiger partial charge in [-0.1, -0.05) is 46.0 Å². The average Bonchev–Trinajstić information content (AvgIpc) is 3.02. The number of hydrogen-bond acceptors (Lipinski definition) is 5. The monoisotopic (exact) mass is 408 g/mol. The number of furan rings is 1. The highest BCUT2D eigenvalue weighted by molar-refractivity contribution is 9.10. The summed E-state index contributed by atoms with van der Waals surface area (Å²) in [6, 6.07) is 11.4. The van der Waals surface area contributed by atoms with Crippen molar-refractivity contribution in [3.8, 4) is 0 Å². The Hall–Kier alpha value is -1.57. The molecule has 3 rings (SSSR count). The van der Waals surface area contributed by atoms with Gasteiger partial charge in [-0.2, -0.15) is 0 Å². The molecular formula is C16H13BrN2O2S2. The second kappa shape index (κ2) is 6.90. The van der Waals surface area contributed by atoms with Crippen LogP contribution in [-0.4, -0.2) is 21.8 Å². The highest BCUT2D eigenvalue weighted by atomic mass is 79.9. The first-order chi connectivity index (χ1) is 11.0. The van der Waals surface area contributed by atoms with Gasteiger partial charge in [-0.25, -0.2) is 0 Å². The van der Waals surface area contributed by atoms with Gasteiger partial charge in [0.05, 0.1) is 11.6 Å². The topological polar surface area (TPSA) is 45.5 Å². The number of nitrogens with one attached hydrogen (secondary N) is 1. The summed E-state index contributed by atoms with van der Waals surface area (Å²) in [5.74, 6) is 1.35. The van der Waals surface area contributed by atoms with Gasteiger partial charge in [0.2, 0.25) is 0 Å². The Morgan fingerprint density at radius 2 is 2.22 bits per heavy atom. The summed E-state index contributed by atoms with van der Waals surface area (Å²) in [7, 11) is 0. The van der Waals surface area contributed by atoms with Crippen LogP contribution in [0.4, 0.5) is 5.69 Å². The highest BCUT2D eigenvalue weighted by Gasteiger charge is 2.32. The van der Waals surface area contributed by atoms with Gasteiger partial charge < -0.3 is 9.73 Å². The summed E-state index contributed by atoms with van der Waals surface area (Å²) in [5.41, 5.74) is 0.916. The van der Waals surface area contributed by atoms with Crippen molar-refractivity contribution < 1.29 is 9.21 Å². The summed E-state index contributed by atoms with van der Waals surface area (Å²) >= 11 is 10.0. The van der Waals surface area contributed by atoms with Crippen LogP contribution in [0.1, 0.15) is 11.5 Å². The van der Waals surface area contributed by atoms with Crippen molar-refractivity contribution in [2.45, 2.75) is 6.92 Å². The number of anilines is 1. The molecule has 0 radical (unpaired) electrons. The summed E-state index contributed by atoms with van der Waals surface area (Å²) in [5, 5.41) is 3.20. The maximum Gasteiger partial charge on any atom is 0.267 e. The number of carbonyl (C=O) groups excluding carboxylic acids is 1. The van der Waals surface area contributed by atoms with Crippen LogP contribution < -0.4 is 5.32 Å². The molecule has 7 heteroatoms. The first-order valence-corrected chi connectivity index (χ1v) is 8.86. The molecule has 0 spiro atoms. The summed E-state index contributed by atoms with van der Waals surface area (Å²) < 4.78 is 6.99. The fourth-order valence-electron chi connectivity index (χ4n) is 2.07. The number of nitrogens with zero attached hydrogens (tertiary/aromatic N) is 1. The lowest BCUT2D eigenvalue weighted by Crippen LogP contribution is -2.33. The van der Waals surface area contributed by atoms with Gasteiger partial charge in [0.15, 0.2) is 0 Å². The average molecular weight is 409 g/mol. The van der Waals surface area contributed by atoms with Crippen molar-refractivity contribution in [3.63, 3.8) is 0 Å². The number of thioether (sulfide) groups is 1. The molecule has 23 heavy (non-hydrogen) atoms. The van der Waals surface area contributed by atoms with E-state index in [4.69, 9.17) is 16.6 Å². The fourth-order valence-corrected chi connectivity index (χ4v) is 3.70. The minimum atomic E-state index is -0.114. The van der Waals surface area contributed by atoms with Crippen molar-refractivity contribution in [2.75, 3.05) is 12.0 Å². The van der Waals surface area contributed by atoms with E-state index in [2.05, 4.69) is 21.2 Å². The van der Waals surface area contributed by atoms with E-state index in [1.165, 1.54) is 11.8 Å². The molecule has 0 aliphatic carbocycles. The first-order valence-electron chi connectivity index (χ1n) is 6.84. The molecule has 1 saturated heterocycles. The maximum atomic E-state index is 12.5. The molecule has 1 amide bonds. The Kier molecular flexibility index (Phi) is 4.89. The SMILES string of the molecule is Cc1ccc(C=C2SC(=S)N(CNc3cccc(Br)c3)C2=O)o1. The molecule has 1 N–H and O–H groups in total. The number of carbonyl (C=O) groups is 1. The standard InChI is InChI=1S/C16H13BrN2O2S2/c1-10-5-6-13(21-10)8-14-15(20)19(16(22)23-14)9-18-12-4-2-3-11(17)7-12/h2-8,18H,9H2,1H3. The quantitative estimate of drug-likeness (QED) is 0.590. The third-order valence-electron chi connectivity index (χ3n) is 3.17. The number of thiocarbonyl (C=S) groups is 1. The summed E-state index contributed by atoms with van der Waals surface area (Å²) in [4.78, 5) is 14.6. The van der Waals surface area contributed by atoms with Gasteiger partial charge in [-0.3, -0.25) is 9.69 Å². The molecule has 1 aromatic heterocycles. The lowest BCUT2D eigenvalue weighted by atomic mass is 10.3. The Bertz CT molecular complexity index is 801. The Labute approximate surface area is 152 Å². The van der Waals surface area contributed by atoms with Crippen LogP contribution in [-0.2, 0) is 4.79 Å². The van der Waals surface area contributed by atoms with Gasteiger partial charge in [0, 0.05) is 16.2 Å². The van der Waals surface area contributed by atoms with Gasteiger partial charge in [-0.15, -0.1) is 0 Å². The van der Waals surface area contributed by atoms with Gasteiger partial charge in [0.1, 0.15) is 15.8 Å². The molecule has 2 aromatic rings. The third kappa shape index (κ3) is 3.85. The number of aryl methyl sites for hydroxylation is 1. The van der Waals surface area contributed by atoms with Crippen LogP contribution in [0.15, 0.2) is 50.2 Å². The van der Waals surface area contributed by atoms with Gasteiger partial charge in [0.25, 0.3) is 5.91 Å². The fraction of sp³-hybridized carbons (Fsp3) is 0.125. The molecule has 1 fully saturated rings. The predicted octanol–water partition coefficient (Wildman–Crippen LogP) is 4.62. The maximum absolute atomic E-state index is 12.5. The van der Waals surface area contributed by atoms with E-state index in [1.54, 1.807) is 11.0 Å². The number of hydrogen-bond donors (Lipinski definition) is 1. The summed E-state index contributed by atoms with van der Waals surface area (Å²) in [6.45, 7) is 2.19. The second-order valence-corrected chi connectivity index (χ2v) is 7.49. The van der Waals surface area contributed by atoms with Crippen LogP contribution in [0, 0.1) is 6.92 Å². The Morgan fingerprint density at radius 1 is 1.39 bits per heavy atom. The Balaban J connectivity index is 1.70. The Morgan fingerprint density at radius 3 is 2.91 bits per heavy atom. The zero-order valence-corrected chi connectivity index (χ0v) is 15.4. The molecule has 0 atom stereocenters. The predicted molar refractivity (Wildman–Crippen MR) is 101 cm³/mol. The van der Waals surface area contributed by atoms with Gasteiger partial charge in [-0.05, 0) is 37.3 Å².